The van der Waals surface area contributed by atoms with Gasteiger partial charge in [0.25, 0.3) is 5.91 Å². The van der Waals surface area contributed by atoms with E-state index in [1.807, 2.05) is 25.1 Å². The Morgan fingerprint density at radius 2 is 1.86 bits per heavy atom. The first-order valence-electron chi connectivity index (χ1n) is 11.2. The van der Waals surface area contributed by atoms with E-state index >= 15 is 4.39 Å². The highest BCUT2D eigenvalue weighted by Gasteiger charge is 2.18. The van der Waals surface area contributed by atoms with Crippen molar-refractivity contribution in [2.45, 2.75) is 13.8 Å². The van der Waals surface area contributed by atoms with Crippen molar-refractivity contribution >= 4 is 23.1 Å². The normalized spacial score (nSPS) is 10.3. The minimum Gasteiger partial charge on any atom is -0.421 e. The number of ether oxygens (including phenoxy) is 1. The van der Waals surface area contributed by atoms with Crippen LogP contribution in [0.5, 0.6) is 11.8 Å². The second kappa shape index (κ2) is 10.7. The summed E-state index contributed by atoms with van der Waals surface area (Å²) < 4.78 is 20.6. The lowest BCUT2D eigenvalue weighted by atomic mass is 9.98. The summed E-state index contributed by atoms with van der Waals surface area (Å²) in [4.78, 5) is 30.6. The van der Waals surface area contributed by atoms with Gasteiger partial charge in [-0.25, -0.2) is 24.3 Å². The lowest BCUT2D eigenvalue weighted by Crippen LogP contribution is -2.15. The molecular formula is C27H24FN7O2. The van der Waals surface area contributed by atoms with Crippen LogP contribution >= 0.6 is 0 Å². The summed E-state index contributed by atoms with van der Waals surface area (Å²) in [5, 5.41) is 2.78. The molecule has 4 rings (SSSR count). The van der Waals surface area contributed by atoms with Crippen molar-refractivity contribution in [1.82, 2.24) is 19.9 Å². The van der Waals surface area contributed by atoms with Gasteiger partial charge in [0.05, 0.1) is 22.6 Å². The molecule has 2 aromatic carbocycles. The number of hydrogen-bond acceptors (Lipinski definition) is 8. The number of anilines is 3. The van der Waals surface area contributed by atoms with Gasteiger partial charge in [0.1, 0.15) is 12.1 Å². The molecule has 2 aromatic heterocycles. The van der Waals surface area contributed by atoms with Gasteiger partial charge in [-0.1, -0.05) is 18.1 Å². The van der Waals surface area contributed by atoms with Crippen molar-refractivity contribution in [2.75, 3.05) is 30.0 Å². The van der Waals surface area contributed by atoms with E-state index in [0.717, 1.165) is 5.69 Å². The zero-order valence-electron chi connectivity index (χ0n) is 20.7. The molecule has 0 saturated heterocycles. The highest BCUT2D eigenvalue weighted by molar-refractivity contribution is 6.06. The highest BCUT2D eigenvalue weighted by atomic mass is 19.1. The number of nitrogens with one attached hydrogen (secondary N) is 1. The number of nitrogen functional groups attached to an aromatic ring is 1. The molecule has 0 spiro atoms. The van der Waals surface area contributed by atoms with Gasteiger partial charge in [-0.15, -0.1) is 0 Å². The van der Waals surface area contributed by atoms with Gasteiger partial charge in [-0.2, -0.15) is 0 Å². The van der Waals surface area contributed by atoms with Crippen LogP contribution < -0.4 is 20.7 Å². The van der Waals surface area contributed by atoms with E-state index in [1.54, 1.807) is 38.1 Å². The molecule has 0 bridgehead atoms. The predicted molar refractivity (Wildman–Crippen MR) is 141 cm³/mol. The van der Waals surface area contributed by atoms with E-state index in [1.165, 1.54) is 24.7 Å². The van der Waals surface area contributed by atoms with Crippen LogP contribution in [-0.2, 0) is 4.79 Å². The fourth-order valence-electron chi connectivity index (χ4n) is 3.64. The van der Waals surface area contributed by atoms with Crippen LogP contribution in [-0.4, -0.2) is 39.9 Å². The Morgan fingerprint density at radius 3 is 2.57 bits per heavy atom. The van der Waals surface area contributed by atoms with E-state index in [-0.39, 0.29) is 17.6 Å². The van der Waals surface area contributed by atoms with Gasteiger partial charge in [0.2, 0.25) is 0 Å². The topological polar surface area (TPSA) is 119 Å². The maximum Gasteiger partial charge on any atom is 0.322 e. The predicted octanol–water partition coefficient (Wildman–Crippen LogP) is 4.45. The van der Waals surface area contributed by atoms with E-state index in [2.05, 4.69) is 37.1 Å². The SMILES string of the molecule is CC#CC(=O)Nc1ccc(-c2ncnc(N)c2-c2ccc(Oc3nccc(C)n3)c(F)c2)cc1N(C)C. The number of benzene rings is 2. The molecule has 1 amide bonds. The Hall–Kier alpha value is -5.04. The molecule has 2 heterocycles. The van der Waals surface area contributed by atoms with Crippen LogP contribution in [0.4, 0.5) is 21.6 Å². The van der Waals surface area contributed by atoms with Crippen molar-refractivity contribution in [3.63, 3.8) is 0 Å². The molecule has 0 unspecified atom stereocenters. The van der Waals surface area contributed by atoms with E-state index in [9.17, 15) is 4.79 Å². The molecule has 10 heteroatoms. The lowest BCUT2D eigenvalue weighted by molar-refractivity contribution is -0.111. The second-order valence-electron chi connectivity index (χ2n) is 8.17. The smallest absolute Gasteiger partial charge is 0.322 e. The summed E-state index contributed by atoms with van der Waals surface area (Å²) >= 11 is 0. The molecule has 9 nitrogen and oxygen atoms in total. The zero-order valence-corrected chi connectivity index (χ0v) is 20.7. The van der Waals surface area contributed by atoms with Gasteiger partial charge in [0, 0.05) is 31.5 Å². The van der Waals surface area contributed by atoms with E-state index < -0.39 is 11.7 Å². The molecule has 0 aliphatic carbocycles. The third-order valence-electron chi connectivity index (χ3n) is 5.31. The molecular weight excluding hydrogens is 473 g/mol. The third kappa shape index (κ3) is 5.62. The molecule has 0 saturated carbocycles. The summed E-state index contributed by atoms with van der Waals surface area (Å²) in [6, 6.07) is 11.6. The van der Waals surface area contributed by atoms with Crippen molar-refractivity contribution in [2.24, 2.45) is 0 Å². The Bertz CT molecular complexity index is 1540. The van der Waals surface area contributed by atoms with Crippen molar-refractivity contribution in [1.29, 1.82) is 0 Å². The molecule has 4 aromatic rings. The summed E-state index contributed by atoms with van der Waals surface area (Å²) in [6.45, 7) is 3.38. The van der Waals surface area contributed by atoms with E-state index in [4.69, 9.17) is 10.5 Å². The van der Waals surface area contributed by atoms with Crippen LogP contribution in [0.15, 0.2) is 55.0 Å². The number of nitrogens with zero attached hydrogens (tertiary/aromatic N) is 5. The van der Waals surface area contributed by atoms with Crippen molar-refractivity contribution in [3.8, 4) is 46.0 Å². The number of nitrogens with two attached hydrogens (primary N) is 1. The van der Waals surface area contributed by atoms with Crippen molar-refractivity contribution < 1.29 is 13.9 Å². The van der Waals surface area contributed by atoms with Crippen molar-refractivity contribution in [3.05, 3.63) is 66.5 Å². The molecule has 186 valence electrons. The number of aromatic nitrogens is 4. The molecule has 0 aliphatic rings. The van der Waals surface area contributed by atoms with Crippen LogP contribution in [0.2, 0.25) is 0 Å². The minimum atomic E-state index is -0.624. The van der Waals surface area contributed by atoms with Gasteiger partial charge in [-0.3, -0.25) is 4.79 Å². The summed E-state index contributed by atoms with van der Waals surface area (Å²) in [5.41, 5.74) is 10.3. The largest absolute Gasteiger partial charge is 0.421 e. The number of rotatable bonds is 6. The average Bonchev–Trinajstić information content (AvgIpc) is 2.85. The van der Waals surface area contributed by atoms with Crippen LogP contribution in [0.25, 0.3) is 22.4 Å². The first kappa shape index (κ1) is 25.1. The molecule has 0 aliphatic heterocycles. The first-order chi connectivity index (χ1) is 17.8. The molecule has 0 fully saturated rings. The fourth-order valence-corrected chi connectivity index (χ4v) is 3.64. The Morgan fingerprint density at radius 1 is 1.08 bits per heavy atom. The fraction of sp³-hybridized carbons (Fsp3) is 0.148. The summed E-state index contributed by atoms with van der Waals surface area (Å²) in [6.07, 6.45) is 2.88. The number of halogens is 1. The molecule has 0 atom stereocenters. The number of amides is 1. The molecule has 3 N–H and O–H groups in total. The maximum absolute atomic E-state index is 15.1. The van der Waals surface area contributed by atoms with Gasteiger partial charge in [0.15, 0.2) is 11.6 Å². The average molecular weight is 498 g/mol. The summed E-state index contributed by atoms with van der Waals surface area (Å²) in [7, 11) is 3.70. The van der Waals surface area contributed by atoms with E-state index in [0.29, 0.717) is 33.8 Å². The Labute approximate surface area is 213 Å². The number of carbonyl (C=O) groups is 1. The van der Waals surface area contributed by atoms with Crippen LogP contribution in [0.1, 0.15) is 12.6 Å². The van der Waals surface area contributed by atoms with Crippen LogP contribution in [0, 0.1) is 24.6 Å². The standard InChI is InChI=1S/C27H24FN7O2/c1-5-6-23(36)34-20-9-7-18(14-21(20)35(3)4)25-24(26(29)32-15-31-25)17-8-10-22(19(28)13-17)37-27-30-12-11-16(2)33-27/h7-15H,1-4H3,(H,34,36)(H2,29,31,32). The number of hydrogen-bond donors (Lipinski definition) is 2. The molecule has 0 radical (unpaired) electrons. The Kier molecular flexibility index (Phi) is 7.25. The third-order valence-corrected chi connectivity index (χ3v) is 5.31. The van der Waals surface area contributed by atoms with Crippen LogP contribution in [0.3, 0.4) is 0 Å². The zero-order chi connectivity index (χ0) is 26.5. The lowest BCUT2D eigenvalue weighted by Gasteiger charge is -2.19. The monoisotopic (exact) mass is 497 g/mol. The van der Waals surface area contributed by atoms with Gasteiger partial charge >= 0.3 is 6.01 Å². The number of aryl methyl sites for hydroxylation is 1. The quantitative estimate of drug-likeness (QED) is 0.375. The van der Waals surface area contributed by atoms with Gasteiger partial charge < -0.3 is 20.7 Å². The van der Waals surface area contributed by atoms with Gasteiger partial charge in [-0.05, 0) is 55.7 Å². The summed E-state index contributed by atoms with van der Waals surface area (Å²) in [5.74, 6) is 4.15. The number of carbonyl (C=O) groups excluding carboxylic acids is 1. The highest BCUT2D eigenvalue weighted by Crippen LogP contribution is 2.38. The second-order valence-corrected chi connectivity index (χ2v) is 8.17. The first-order valence-corrected chi connectivity index (χ1v) is 11.2. The maximum atomic E-state index is 15.1. The Balaban J connectivity index is 1.74. The molecule has 37 heavy (non-hydrogen) atoms. The minimum absolute atomic E-state index is 0.0310.